The molecule has 0 saturated heterocycles. The third-order valence-electron chi connectivity index (χ3n) is 3.74. The van der Waals surface area contributed by atoms with Crippen molar-refractivity contribution in [3.05, 3.63) is 11.6 Å². The third-order valence-corrected chi connectivity index (χ3v) is 3.74. The van der Waals surface area contributed by atoms with Crippen LogP contribution in [0.25, 0.3) is 0 Å². The minimum Gasteiger partial charge on any atom is -0.478 e. The second-order valence-electron chi connectivity index (χ2n) is 4.55. The Balaban J connectivity index is 2.30. The molecule has 1 fully saturated rings. The SMILES string of the molecule is CC[C@@H]1C=C(C(=O)O)[C@@H]2CCC(=O)[C@H]2C1. The van der Waals surface area contributed by atoms with E-state index in [2.05, 4.69) is 0 Å². The molecular weight excluding hydrogens is 192 g/mol. The van der Waals surface area contributed by atoms with Crippen molar-refractivity contribution in [1.29, 1.82) is 0 Å². The molecule has 2 aliphatic carbocycles. The molecule has 0 heterocycles. The molecule has 0 spiro atoms. The fourth-order valence-electron chi connectivity index (χ4n) is 2.86. The van der Waals surface area contributed by atoms with Gasteiger partial charge < -0.3 is 5.11 Å². The van der Waals surface area contributed by atoms with Crippen molar-refractivity contribution in [2.24, 2.45) is 17.8 Å². The molecule has 0 aromatic rings. The van der Waals surface area contributed by atoms with E-state index in [-0.39, 0.29) is 23.5 Å². The normalized spacial score (nSPS) is 34.9. The quantitative estimate of drug-likeness (QED) is 0.755. The van der Waals surface area contributed by atoms with E-state index in [0.29, 0.717) is 12.0 Å². The maximum atomic E-state index is 11.6. The first kappa shape index (κ1) is 10.4. The van der Waals surface area contributed by atoms with Gasteiger partial charge in [0, 0.05) is 23.8 Å². The van der Waals surface area contributed by atoms with Crippen molar-refractivity contribution in [3.8, 4) is 0 Å². The molecule has 3 nitrogen and oxygen atoms in total. The van der Waals surface area contributed by atoms with Crippen LogP contribution in [0.1, 0.15) is 32.6 Å². The second-order valence-corrected chi connectivity index (χ2v) is 4.55. The largest absolute Gasteiger partial charge is 0.478 e. The van der Waals surface area contributed by atoms with Gasteiger partial charge >= 0.3 is 5.97 Å². The van der Waals surface area contributed by atoms with Crippen LogP contribution in [-0.2, 0) is 9.59 Å². The van der Waals surface area contributed by atoms with Crippen LogP contribution in [0.4, 0.5) is 0 Å². The molecule has 1 N–H and O–H groups in total. The fraction of sp³-hybridized carbons (Fsp3) is 0.667. The molecule has 0 unspecified atom stereocenters. The van der Waals surface area contributed by atoms with Gasteiger partial charge in [-0.2, -0.15) is 0 Å². The maximum Gasteiger partial charge on any atom is 0.331 e. The summed E-state index contributed by atoms with van der Waals surface area (Å²) >= 11 is 0. The number of hydrogen-bond donors (Lipinski definition) is 1. The molecule has 0 aliphatic heterocycles. The Morgan fingerprint density at radius 1 is 1.53 bits per heavy atom. The van der Waals surface area contributed by atoms with Crippen molar-refractivity contribution >= 4 is 11.8 Å². The van der Waals surface area contributed by atoms with Crippen LogP contribution in [0.3, 0.4) is 0 Å². The monoisotopic (exact) mass is 208 g/mol. The molecule has 0 bridgehead atoms. The van der Waals surface area contributed by atoms with Crippen LogP contribution >= 0.6 is 0 Å². The first-order valence-corrected chi connectivity index (χ1v) is 5.61. The van der Waals surface area contributed by atoms with Gasteiger partial charge in [-0.25, -0.2) is 4.79 Å². The molecular formula is C12H16O3. The lowest BCUT2D eigenvalue weighted by Crippen LogP contribution is -2.27. The molecule has 0 aromatic heterocycles. The molecule has 0 amide bonds. The van der Waals surface area contributed by atoms with Crippen LogP contribution in [0.2, 0.25) is 0 Å². The Kier molecular flexibility index (Phi) is 2.63. The summed E-state index contributed by atoms with van der Waals surface area (Å²) in [5.41, 5.74) is 0.490. The van der Waals surface area contributed by atoms with Crippen LogP contribution in [0.15, 0.2) is 11.6 Å². The minimum absolute atomic E-state index is 0.00204. The van der Waals surface area contributed by atoms with Gasteiger partial charge in [-0.05, 0) is 25.2 Å². The molecule has 3 atom stereocenters. The number of allylic oxidation sites excluding steroid dienone is 1. The maximum absolute atomic E-state index is 11.6. The smallest absolute Gasteiger partial charge is 0.331 e. The lowest BCUT2D eigenvalue weighted by atomic mass is 9.75. The van der Waals surface area contributed by atoms with Gasteiger partial charge in [-0.1, -0.05) is 13.0 Å². The number of ketones is 1. The Bertz CT molecular complexity index is 330. The lowest BCUT2D eigenvalue weighted by Gasteiger charge is -2.28. The van der Waals surface area contributed by atoms with Crippen molar-refractivity contribution in [2.45, 2.75) is 32.6 Å². The highest BCUT2D eigenvalue weighted by molar-refractivity contribution is 5.92. The summed E-state index contributed by atoms with van der Waals surface area (Å²) in [7, 11) is 0. The van der Waals surface area contributed by atoms with E-state index in [1.165, 1.54) is 0 Å². The Morgan fingerprint density at radius 2 is 2.27 bits per heavy atom. The third kappa shape index (κ3) is 1.71. The zero-order valence-electron chi connectivity index (χ0n) is 8.90. The summed E-state index contributed by atoms with van der Waals surface area (Å²) < 4.78 is 0. The number of fused-ring (bicyclic) bond motifs is 1. The van der Waals surface area contributed by atoms with Crippen molar-refractivity contribution < 1.29 is 14.7 Å². The number of aliphatic carboxylic acids is 1. The van der Waals surface area contributed by atoms with E-state index in [1.807, 2.05) is 13.0 Å². The highest BCUT2D eigenvalue weighted by atomic mass is 16.4. The summed E-state index contributed by atoms with van der Waals surface area (Å²) in [5, 5.41) is 9.11. The number of carboxylic acids is 1. The molecule has 15 heavy (non-hydrogen) atoms. The number of carbonyl (C=O) groups is 2. The van der Waals surface area contributed by atoms with Crippen molar-refractivity contribution in [3.63, 3.8) is 0 Å². The van der Waals surface area contributed by atoms with Gasteiger partial charge in [-0.3, -0.25) is 4.79 Å². The van der Waals surface area contributed by atoms with Gasteiger partial charge in [0.1, 0.15) is 5.78 Å². The fourth-order valence-corrected chi connectivity index (χ4v) is 2.86. The second kappa shape index (κ2) is 3.80. The summed E-state index contributed by atoms with van der Waals surface area (Å²) in [6.45, 7) is 2.04. The number of carbonyl (C=O) groups excluding carboxylic acids is 1. The van der Waals surface area contributed by atoms with E-state index < -0.39 is 5.97 Å². The predicted octanol–water partition coefficient (Wildman–Crippen LogP) is 2.02. The van der Waals surface area contributed by atoms with Crippen LogP contribution in [0, 0.1) is 17.8 Å². The first-order chi connectivity index (χ1) is 7.13. The Morgan fingerprint density at radius 3 is 2.87 bits per heavy atom. The van der Waals surface area contributed by atoms with Crippen molar-refractivity contribution in [1.82, 2.24) is 0 Å². The Hall–Kier alpha value is -1.12. The van der Waals surface area contributed by atoms with Gasteiger partial charge in [-0.15, -0.1) is 0 Å². The van der Waals surface area contributed by atoms with E-state index in [0.717, 1.165) is 19.3 Å². The topological polar surface area (TPSA) is 54.4 Å². The van der Waals surface area contributed by atoms with E-state index in [9.17, 15) is 9.59 Å². The number of hydrogen-bond acceptors (Lipinski definition) is 2. The Labute approximate surface area is 89.2 Å². The van der Waals surface area contributed by atoms with Crippen LogP contribution in [0.5, 0.6) is 0 Å². The van der Waals surface area contributed by atoms with E-state index in [1.54, 1.807) is 0 Å². The van der Waals surface area contributed by atoms with Crippen molar-refractivity contribution in [2.75, 3.05) is 0 Å². The van der Waals surface area contributed by atoms with Gasteiger partial charge in [0.15, 0.2) is 0 Å². The average Bonchev–Trinajstić information content (AvgIpc) is 2.59. The highest BCUT2D eigenvalue weighted by Crippen LogP contribution is 2.43. The molecule has 0 aromatic carbocycles. The number of carboxylic acid groups (broad SMARTS) is 1. The molecule has 2 rings (SSSR count). The van der Waals surface area contributed by atoms with Gasteiger partial charge in [0.2, 0.25) is 0 Å². The lowest BCUT2D eigenvalue weighted by molar-refractivity contribution is -0.133. The molecule has 2 aliphatic rings. The zero-order valence-corrected chi connectivity index (χ0v) is 8.90. The molecule has 1 saturated carbocycles. The minimum atomic E-state index is -0.835. The molecule has 82 valence electrons. The standard InChI is InChI=1S/C12H16O3/c1-2-7-5-9-8(3-4-11(9)13)10(6-7)12(14)15/h6-9H,2-5H2,1H3,(H,14,15)/t7-,8+,9-/m0/s1. The molecule has 0 radical (unpaired) electrons. The number of Topliss-reactive ketones (excluding diaryl/α,β-unsaturated/α-hetero) is 1. The van der Waals surface area contributed by atoms with E-state index in [4.69, 9.17) is 5.11 Å². The molecule has 3 heteroatoms. The number of rotatable bonds is 2. The van der Waals surface area contributed by atoms with Gasteiger partial charge in [0.25, 0.3) is 0 Å². The first-order valence-electron chi connectivity index (χ1n) is 5.61. The van der Waals surface area contributed by atoms with E-state index >= 15 is 0 Å². The van der Waals surface area contributed by atoms with Crippen LogP contribution in [-0.4, -0.2) is 16.9 Å². The van der Waals surface area contributed by atoms with Gasteiger partial charge in [0.05, 0.1) is 0 Å². The highest BCUT2D eigenvalue weighted by Gasteiger charge is 2.42. The summed E-state index contributed by atoms with van der Waals surface area (Å²) in [4.78, 5) is 22.7. The van der Waals surface area contributed by atoms with Crippen LogP contribution < -0.4 is 0 Å². The summed E-state index contributed by atoms with van der Waals surface area (Å²) in [6.07, 6.45) is 4.96. The predicted molar refractivity (Wildman–Crippen MR) is 55.3 cm³/mol. The summed E-state index contributed by atoms with van der Waals surface area (Å²) in [5.74, 6) is -0.300. The zero-order chi connectivity index (χ0) is 11.0. The average molecular weight is 208 g/mol. The summed E-state index contributed by atoms with van der Waals surface area (Å²) in [6, 6.07) is 0.